The molecule has 0 unspecified atom stereocenters. The van der Waals surface area contributed by atoms with E-state index in [1.807, 2.05) is 37.6 Å². The van der Waals surface area contributed by atoms with E-state index in [1.165, 1.54) is 0 Å². The summed E-state index contributed by atoms with van der Waals surface area (Å²) in [4.78, 5) is 4.98. The van der Waals surface area contributed by atoms with Crippen LogP contribution in [0.15, 0.2) is 30.6 Å². The fourth-order valence-corrected chi connectivity index (χ4v) is 1.55. The topological polar surface area (TPSA) is 69.7 Å². The van der Waals surface area contributed by atoms with Crippen LogP contribution in [0.25, 0.3) is 11.1 Å². The lowest BCUT2D eigenvalue weighted by Gasteiger charge is -2.03. The largest absolute Gasteiger partial charge is 0.394 e. The normalized spacial score (nSPS) is 10.6. The molecule has 1 aromatic heterocycles. The van der Waals surface area contributed by atoms with Crippen LogP contribution in [-0.4, -0.2) is 16.9 Å². The van der Waals surface area contributed by atoms with E-state index < -0.39 is 0 Å². The lowest BCUT2D eigenvalue weighted by atomic mass is 10.1. The van der Waals surface area contributed by atoms with Crippen LogP contribution in [0.5, 0.6) is 0 Å². The number of quaternary nitrogens is 1. The van der Waals surface area contributed by atoms with Gasteiger partial charge in [-0.1, -0.05) is 6.07 Å². The molecule has 2 rings (SSSR count). The molecule has 16 heavy (non-hydrogen) atoms. The number of nitrogens with zero attached hydrogens (tertiary/aromatic N) is 2. The molecule has 0 bridgehead atoms. The van der Waals surface area contributed by atoms with Gasteiger partial charge in [0.25, 0.3) is 0 Å². The number of anilines is 1. The Morgan fingerprint density at radius 2 is 2.19 bits per heavy atom. The number of nitrogens with two attached hydrogens (primary N) is 2. The molecule has 5 heteroatoms. The smallest absolute Gasteiger partial charge is 0.185 e. The van der Waals surface area contributed by atoms with E-state index >= 15 is 0 Å². The van der Waals surface area contributed by atoms with Gasteiger partial charge < -0.3 is 5.73 Å². The van der Waals surface area contributed by atoms with Crippen LogP contribution in [0.2, 0.25) is 0 Å². The number of hydrogen-bond acceptors (Lipinski definition) is 3. The van der Waals surface area contributed by atoms with Crippen LogP contribution in [0, 0.1) is 0 Å². The molecule has 0 aliphatic carbocycles. The Morgan fingerprint density at radius 3 is 2.81 bits per heavy atom. The van der Waals surface area contributed by atoms with Gasteiger partial charge in [-0.3, -0.25) is 4.68 Å². The maximum Gasteiger partial charge on any atom is 0.185 e. The van der Waals surface area contributed by atoms with Crippen molar-refractivity contribution in [2.24, 2.45) is 7.05 Å². The second kappa shape index (κ2) is 4.34. The molecule has 0 saturated carbocycles. The summed E-state index contributed by atoms with van der Waals surface area (Å²) in [6.45, 7) is 0. The molecule has 0 amide bonds. The third kappa shape index (κ3) is 2.05. The summed E-state index contributed by atoms with van der Waals surface area (Å²) in [5, 5.41) is 4.14. The van der Waals surface area contributed by atoms with E-state index in [9.17, 15) is 0 Å². The molecule has 1 aromatic carbocycles. The van der Waals surface area contributed by atoms with Gasteiger partial charge in [0.2, 0.25) is 0 Å². The third-order valence-electron chi connectivity index (χ3n) is 2.37. The molecule has 0 fully saturated rings. The van der Waals surface area contributed by atoms with E-state index in [-0.39, 0.29) is 0 Å². The standard InChI is InChI=1S/C11H14N4O/c1-15-7-9(6-13-15)8-3-4-10(12)11(5-8)14-16-2/h3-7,14H,12H2,1-2H3/p+1. The summed E-state index contributed by atoms with van der Waals surface area (Å²) in [6, 6.07) is 5.82. The maximum absolute atomic E-state index is 5.83. The molecule has 0 spiro atoms. The molecular weight excluding hydrogens is 204 g/mol. The van der Waals surface area contributed by atoms with Gasteiger partial charge >= 0.3 is 0 Å². The van der Waals surface area contributed by atoms with Gasteiger partial charge in [-0.25, -0.2) is 4.84 Å². The highest BCUT2D eigenvalue weighted by atomic mass is 16.6. The molecule has 1 heterocycles. The Labute approximate surface area is 93.8 Å². The molecule has 2 aromatic rings. The zero-order chi connectivity index (χ0) is 11.5. The van der Waals surface area contributed by atoms with Crippen LogP contribution in [0.3, 0.4) is 0 Å². The Balaban J connectivity index is 2.39. The van der Waals surface area contributed by atoms with E-state index in [4.69, 9.17) is 10.6 Å². The molecule has 0 aliphatic heterocycles. The second-order valence-corrected chi connectivity index (χ2v) is 3.60. The first-order valence-corrected chi connectivity index (χ1v) is 4.95. The summed E-state index contributed by atoms with van der Waals surface area (Å²) in [5.74, 6) is 0. The van der Waals surface area contributed by atoms with Crippen LogP contribution in [0.4, 0.5) is 11.4 Å². The van der Waals surface area contributed by atoms with Crippen LogP contribution in [0.1, 0.15) is 0 Å². The predicted molar refractivity (Wildman–Crippen MR) is 61.7 cm³/mol. The van der Waals surface area contributed by atoms with Gasteiger partial charge in [0, 0.05) is 24.9 Å². The summed E-state index contributed by atoms with van der Waals surface area (Å²) < 4.78 is 1.77. The Hall–Kier alpha value is -1.85. The molecule has 0 saturated heterocycles. The van der Waals surface area contributed by atoms with Gasteiger partial charge in [0.1, 0.15) is 0 Å². The highest BCUT2D eigenvalue weighted by Crippen LogP contribution is 2.23. The third-order valence-corrected chi connectivity index (χ3v) is 2.37. The minimum absolute atomic E-state index is 0.703. The van der Waals surface area contributed by atoms with Crippen molar-refractivity contribution in [3.63, 3.8) is 0 Å². The molecule has 4 N–H and O–H groups in total. The number of rotatable bonds is 3. The second-order valence-electron chi connectivity index (χ2n) is 3.60. The average molecular weight is 219 g/mol. The van der Waals surface area contributed by atoms with Crippen molar-refractivity contribution in [3.8, 4) is 11.1 Å². The van der Waals surface area contributed by atoms with Crippen molar-refractivity contribution in [3.05, 3.63) is 30.6 Å². The lowest BCUT2D eigenvalue weighted by molar-refractivity contribution is -0.829. The first-order valence-electron chi connectivity index (χ1n) is 4.95. The Kier molecular flexibility index (Phi) is 2.89. The molecule has 0 atom stereocenters. The van der Waals surface area contributed by atoms with Gasteiger partial charge in [0.15, 0.2) is 5.69 Å². The monoisotopic (exact) mass is 219 g/mol. The zero-order valence-corrected chi connectivity index (χ0v) is 9.34. The van der Waals surface area contributed by atoms with E-state index in [1.54, 1.807) is 17.3 Å². The Bertz CT molecular complexity index is 492. The fourth-order valence-electron chi connectivity index (χ4n) is 1.55. The van der Waals surface area contributed by atoms with Crippen molar-refractivity contribution in [2.75, 3.05) is 12.8 Å². The highest BCUT2D eigenvalue weighted by Gasteiger charge is 2.07. The maximum atomic E-state index is 5.83. The molecule has 84 valence electrons. The summed E-state index contributed by atoms with van der Waals surface area (Å²) in [6.07, 6.45) is 3.78. The Morgan fingerprint density at radius 1 is 1.38 bits per heavy atom. The summed E-state index contributed by atoms with van der Waals surface area (Å²) >= 11 is 0. The van der Waals surface area contributed by atoms with Gasteiger partial charge in [-0.05, 0) is 11.6 Å². The number of nitrogen functional groups attached to an aromatic ring is 1. The van der Waals surface area contributed by atoms with Crippen molar-refractivity contribution >= 4 is 11.4 Å². The molecular formula is C11H15N4O+. The van der Waals surface area contributed by atoms with Crippen LogP contribution >= 0.6 is 0 Å². The number of aryl methyl sites for hydroxylation is 1. The van der Waals surface area contributed by atoms with Crippen molar-refractivity contribution in [1.29, 1.82) is 0 Å². The van der Waals surface area contributed by atoms with Crippen LogP contribution < -0.4 is 11.2 Å². The van der Waals surface area contributed by atoms with Crippen molar-refractivity contribution in [2.45, 2.75) is 0 Å². The zero-order valence-electron chi connectivity index (χ0n) is 9.34. The molecule has 5 nitrogen and oxygen atoms in total. The summed E-state index contributed by atoms with van der Waals surface area (Å²) in [5.41, 5.74) is 11.2. The quantitative estimate of drug-likeness (QED) is 0.581. The molecule has 0 aliphatic rings. The molecule has 0 radical (unpaired) electrons. The van der Waals surface area contributed by atoms with Crippen molar-refractivity contribution < 1.29 is 10.3 Å². The number of hydrogen-bond donors (Lipinski definition) is 2. The first kappa shape index (κ1) is 10.7. The van der Waals surface area contributed by atoms with Crippen LogP contribution in [-0.2, 0) is 11.9 Å². The van der Waals surface area contributed by atoms with E-state index in [0.717, 1.165) is 16.8 Å². The van der Waals surface area contributed by atoms with E-state index in [0.29, 0.717) is 5.69 Å². The number of benzene rings is 1. The van der Waals surface area contributed by atoms with Gasteiger partial charge in [0.05, 0.1) is 19.0 Å². The lowest BCUT2D eigenvalue weighted by Crippen LogP contribution is -2.76. The minimum Gasteiger partial charge on any atom is -0.394 e. The van der Waals surface area contributed by atoms with Gasteiger partial charge in [-0.2, -0.15) is 10.6 Å². The van der Waals surface area contributed by atoms with E-state index in [2.05, 4.69) is 5.10 Å². The van der Waals surface area contributed by atoms with Gasteiger partial charge in [-0.15, -0.1) is 0 Å². The minimum atomic E-state index is 0.703. The predicted octanol–water partition coefficient (Wildman–Crippen LogP) is 0.426. The van der Waals surface area contributed by atoms with Crippen molar-refractivity contribution in [1.82, 2.24) is 9.78 Å². The SMILES string of the molecule is CO[NH2+]c1cc(-c2cnn(C)c2)ccc1N. The summed E-state index contributed by atoms with van der Waals surface area (Å²) in [7, 11) is 3.50. The average Bonchev–Trinajstić information content (AvgIpc) is 2.69. The fraction of sp³-hybridized carbons (Fsp3) is 0.182. The number of aromatic nitrogens is 2. The first-order chi connectivity index (χ1) is 7.70. The highest BCUT2D eigenvalue weighted by molar-refractivity contribution is 5.70.